The van der Waals surface area contributed by atoms with Crippen molar-refractivity contribution in [3.8, 4) is 0 Å². The molecule has 0 fully saturated rings. The second-order valence-electron chi connectivity index (χ2n) is 2.59. The van der Waals surface area contributed by atoms with E-state index in [4.69, 9.17) is 5.11 Å². The summed E-state index contributed by atoms with van der Waals surface area (Å²) in [6, 6.07) is 0. The summed E-state index contributed by atoms with van der Waals surface area (Å²) < 4.78 is 0. The molecule has 1 unspecified atom stereocenters. The van der Waals surface area contributed by atoms with E-state index in [1.165, 1.54) is 0 Å². The van der Waals surface area contributed by atoms with Crippen molar-refractivity contribution < 1.29 is 49.8 Å². The molecule has 0 amide bonds. The van der Waals surface area contributed by atoms with E-state index in [1.54, 1.807) is 0 Å². The molecule has 2 nitrogen and oxygen atoms in total. The maximum atomic E-state index is 10.4. The molecule has 0 saturated carbocycles. The number of aliphatic carboxylic acids is 1. The monoisotopic (exact) mass is 302 g/mol. The van der Waals surface area contributed by atoms with Crippen molar-refractivity contribution in [1.82, 2.24) is 0 Å². The fourth-order valence-corrected chi connectivity index (χ4v) is 0.953. The van der Waals surface area contributed by atoms with Crippen LogP contribution in [-0.4, -0.2) is 11.1 Å². The Bertz CT molecular complexity index is 104. The van der Waals surface area contributed by atoms with Crippen molar-refractivity contribution in [3.63, 3.8) is 0 Å². The summed E-state index contributed by atoms with van der Waals surface area (Å²) in [5.41, 5.74) is 0. The molecule has 0 aromatic carbocycles. The van der Waals surface area contributed by atoms with Crippen LogP contribution in [0.1, 0.15) is 39.5 Å². The molecule has 0 saturated heterocycles. The minimum absolute atomic E-state index is 0. The molecule has 68 valence electrons. The molecule has 0 rings (SSSR count). The van der Waals surface area contributed by atoms with Crippen molar-refractivity contribution >= 4 is 5.97 Å². The number of carboxylic acids is 1. The van der Waals surface area contributed by atoms with Crippen LogP contribution >= 0.6 is 0 Å². The third-order valence-corrected chi connectivity index (χ3v) is 1.75. The standard InChI is InChI=1S/C8H16O2.Gd/c1-3-5-6-7(4-2)8(9)10;/h7H,3-6H2,1-2H3,(H,9,10);. The van der Waals surface area contributed by atoms with Crippen LogP contribution in [0.2, 0.25) is 0 Å². The first kappa shape index (κ1) is 14.3. The van der Waals surface area contributed by atoms with Gasteiger partial charge in [0, 0.05) is 39.9 Å². The Balaban J connectivity index is 0. The molecule has 0 aliphatic carbocycles. The van der Waals surface area contributed by atoms with Gasteiger partial charge in [0.15, 0.2) is 0 Å². The molecule has 0 heterocycles. The van der Waals surface area contributed by atoms with Gasteiger partial charge in [-0.25, -0.2) is 0 Å². The normalized spacial score (nSPS) is 11.8. The van der Waals surface area contributed by atoms with Gasteiger partial charge in [-0.1, -0.05) is 26.7 Å². The SMILES string of the molecule is CCCCC(CC)C(=O)O.[Gd]. The predicted molar refractivity (Wildman–Crippen MR) is 40.9 cm³/mol. The van der Waals surface area contributed by atoms with Gasteiger partial charge in [-0.3, -0.25) is 4.79 Å². The van der Waals surface area contributed by atoms with Crippen molar-refractivity contribution in [2.24, 2.45) is 5.92 Å². The zero-order chi connectivity index (χ0) is 7.98. The quantitative estimate of drug-likeness (QED) is 0.846. The molecule has 0 bridgehead atoms. The van der Waals surface area contributed by atoms with Gasteiger partial charge in [0.1, 0.15) is 0 Å². The van der Waals surface area contributed by atoms with E-state index in [0.29, 0.717) is 0 Å². The van der Waals surface area contributed by atoms with Crippen molar-refractivity contribution in [1.29, 1.82) is 0 Å². The summed E-state index contributed by atoms with van der Waals surface area (Å²) in [5, 5.41) is 8.60. The van der Waals surface area contributed by atoms with Gasteiger partial charge in [-0.15, -0.1) is 0 Å². The first-order valence-electron chi connectivity index (χ1n) is 3.95. The van der Waals surface area contributed by atoms with Gasteiger partial charge in [0.05, 0.1) is 5.92 Å². The summed E-state index contributed by atoms with van der Waals surface area (Å²) >= 11 is 0. The molecule has 11 heavy (non-hydrogen) atoms. The molecule has 0 spiro atoms. The number of rotatable bonds is 5. The van der Waals surface area contributed by atoms with Crippen LogP contribution in [0.4, 0.5) is 0 Å². The van der Waals surface area contributed by atoms with Crippen molar-refractivity contribution in [3.05, 3.63) is 0 Å². The van der Waals surface area contributed by atoms with Crippen LogP contribution in [-0.2, 0) is 4.79 Å². The van der Waals surface area contributed by atoms with Crippen LogP contribution in [0.25, 0.3) is 0 Å². The molecule has 0 aromatic heterocycles. The van der Waals surface area contributed by atoms with Crippen LogP contribution < -0.4 is 0 Å². The smallest absolute Gasteiger partial charge is 0.306 e. The Morgan fingerprint density at radius 1 is 1.45 bits per heavy atom. The Kier molecular flexibility index (Phi) is 11.6. The van der Waals surface area contributed by atoms with Crippen LogP contribution in [0, 0.1) is 45.9 Å². The molecule has 0 aliphatic rings. The fourth-order valence-electron chi connectivity index (χ4n) is 0.953. The van der Waals surface area contributed by atoms with E-state index in [0.717, 1.165) is 25.7 Å². The third-order valence-electron chi connectivity index (χ3n) is 1.75. The Labute approximate surface area is 100 Å². The van der Waals surface area contributed by atoms with Gasteiger partial charge in [-0.05, 0) is 12.8 Å². The van der Waals surface area contributed by atoms with Gasteiger partial charge >= 0.3 is 5.97 Å². The minimum atomic E-state index is -0.643. The minimum Gasteiger partial charge on any atom is -0.481 e. The topological polar surface area (TPSA) is 37.3 Å². The third kappa shape index (κ3) is 7.17. The van der Waals surface area contributed by atoms with E-state index < -0.39 is 5.97 Å². The Morgan fingerprint density at radius 3 is 2.27 bits per heavy atom. The number of hydrogen-bond donors (Lipinski definition) is 1. The van der Waals surface area contributed by atoms with E-state index in [9.17, 15) is 4.79 Å². The second kappa shape index (κ2) is 8.89. The average Bonchev–Trinajstić information content (AvgIpc) is 1.89. The van der Waals surface area contributed by atoms with Gasteiger partial charge in [0.2, 0.25) is 0 Å². The largest absolute Gasteiger partial charge is 0.481 e. The Hall–Kier alpha value is 0.795. The summed E-state index contributed by atoms with van der Waals surface area (Å²) in [5.74, 6) is -0.754. The van der Waals surface area contributed by atoms with Crippen molar-refractivity contribution in [2.75, 3.05) is 0 Å². The van der Waals surface area contributed by atoms with Gasteiger partial charge in [0.25, 0.3) is 0 Å². The summed E-state index contributed by atoms with van der Waals surface area (Å²) in [7, 11) is 0. The van der Waals surface area contributed by atoms with E-state index in [2.05, 4.69) is 6.92 Å². The Morgan fingerprint density at radius 2 is 2.00 bits per heavy atom. The predicted octanol–water partition coefficient (Wildman–Crippen LogP) is 2.29. The summed E-state index contributed by atoms with van der Waals surface area (Å²) in [4.78, 5) is 10.4. The molecular formula is C8H16GdO2. The maximum absolute atomic E-state index is 10.4. The van der Waals surface area contributed by atoms with Gasteiger partial charge < -0.3 is 5.11 Å². The molecule has 1 N–H and O–H groups in total. The first-order chi connectivity index (χ1) is 4.72. The summed E-state index contributed by atoms with van der Waals surface area (Å²) in [6.07, 6.45) is 3.71. The molecule has 0 radical (unpaired) electrons. The van der Waals surface area contributed by atoms with Crippen molar-refractivity contribution in [2.45, 2.75) is 39.5 Å². The van der Waals surface area contributed by atoms with Crippen LogP contribution in [0.5, 0.6) is 0 Å². The maximum Gasteiger partial charge on any atom is 0.306 e. The number of unbranched alkanes of at least 4 members (excludes halogenated alkanes) is 1. The number of hydrogen-bond acceptors (Lipinski definition) is 1. The molecule has 0 aromatic rings. The number of carboxylic acid groups (broad SMARTS) is 1. The van der Waals surface area contributed by atoms with Gasteiger partial charge in [-0.2, -0.15) is 0 Å². The second-order valence-corrected chi connectivity index (χ2v) is 2.59. The molecule has 3 heteroatoms. The van der Waals surface area contributed by atoms with Crippen LogP contribution in [0.15, 0.2) is 0 Å². The van der Waals surface area contributed by atoms with E-state index in [-0.39, 0.29) is 45.9 Å². The van der Waals surface area contributed by atoms with E-state index >= 15 is 0 Å². The number of carbonyl (C=O) groups is 1. The average molecular weight is 301 g/mol. The molecule has 1 atom stereocenters. The summed E-state index contributed by atoms with van der Waals surface area (Å²) in [6.45, 7) is 4.00. The molecule has 0 aliphatic heterocycles. The first-order valence-corrected chi connectivity index (χ1v) is 3.95. The fraction of sp³-hybridized carbons (Fsp3) is 0.875. The zero-order valence-corrected chi connectivity index (χ0v) is 9.38. The zero-order valence-electron chi connectivity index (χ0n) is 7.11. The van der Waals surface area contributed by atoms with Crippen LogP contribution in [0.3, 0.4) is 0 Å². The molecular weight excluding hydrogens is 285 g/mol. The van der Waals surface area contributed by atoms with E-state index in [1.807, 2.05) is 6.92 Å².